The Labute approximate surface area is 206 Å². The first kappa shape index (κ1) is 21.8. The van der Waals surface area contributed by atoms with Gasteiger partial charge in [-0.25, -0.2) is 23.1 Å². The van der Waals surface area contributed by atoms with Gasteiger partial charge in [-0.3, -0.25) is 0 Å². The number of rotatable bonds is 4. The van der Waals surface area contributed by atoms with Gasteiger partial charge in [0.1, 0.15) is 17.5 Å². The number of sulfonamides is 1. The lowest BCUT2D eigenvalue weighted by Crippen LogP contribution is -2.48. The van der Waals surface area contributed by atoms with Crippen molar-refractivity contribution in [2.24, 2.45) is 0 Å². The Balaban J connectivity index is 1.53. The zero-order chi connectivity index (χ0) is 23.6. The van der Waals surface area contributed by atoms with E-state index in [1.54, 1.807) is 8.99 Å². The summed E-state index contributed by atoms with van der Waals surface area (Å²) in [6, 6.07) is 15.0. The average molecular weight is 515 g/mol. The smallest absolute Gasteiger partial charge is 0.211 e. The molecule has 11 heteroatoms. The predicted molar refractivity (Wildman–Crippen MR) is 133 cm³/mol. The van der Waals surface area contributed by atoms with Gasteiger partial charge in [-0.2, -0.15) is 9.40 Å². The SMILES string of the molecule is CS(=O)(=O)N1C[C@@H]2C[C@H]1CN2c1ncnc2c(-c3ccc(Cl)cc3)n(-c3ccccc3Cl)nc12. The summed E-state index contributed by atoms with van der Waals surface area (Å²) < 4.78 is 27.7. The normalized spacial score (nSPS) is 20.5. The maximum absolute atomic E-state index is 12.1. The molecule has 2 fully saturated rings. The van der Waals surface area contributed by atoms with Crippen molar-refractivity contribution in [3.63, 3.8) is 0 Å². The van der Waals surface area contributed by atoms with E-state index < -0.39 is 10.0 Å². The summed E-state index contributed by atoms with van der Waals surface area (Å²) in [6.07, 6.45) is 3.58. The van der Waals surface area contributed by atoms with E-state index >= 15 is 0 Å². The molecule has 0 amide bonds. The van der Waals surface area contributed by atoms with E-state index in [1.807, 2.05) is 48.5 Å². The molecule has 4 aromatic rings. The highest BCUT2D eigenvalue weighted by Crippen LogP contribution is 2.40. The molecule has 8 nitrogen and oxygen atoms in total. The fourth-order valence-electron chi connectivity index (χ4n) is 5.06. The standard InChI is InChI=1S/C23H20Cl2N6O2S/c1-34(32,33)30-12-16-10-17(30)11-29(16)23-21-20(26-13-27-23)22(14-6-8-15(24)9-7-14)31(28-21)19-5-3-2-4-18(19)25/h2-9,13,16-17H,10-12H2,1H3/t16-,17-/m0/s1. The fraction of sp³-hybridized carbons (Fsp3) is 0.261. The summed E-state index contributed by atoms with van der Waals surface area (Å²) in [4.78, 5) is 11.3. The Morgan fingerprint density at radius 1 is 0.941 bits per heavy atom. The average Bonchev–Trinajstić information content (AvgIpc) is 3.52. The Morgan fingerprint density at radius 2 is 1.71 bits per heavy atom. The van der Waals surface area contributed by atoms with E-state index in [0.717, 1.165) is 23.4 Å². The second kappa shape index (κ2) is 7.91. The topological polar surface area (TPSA) is 84.2 Å². The highest BCUT2D eigenvalue weighted by Gasteiger charge is 2.48. The van der Waals surface area contributed by atoms with Crippen LogP contribution in [0.4, 0.5) is 5.82 Å². The number of fused-ring (bicyclic) bond motifs is 3. The van der Waals surface area contributed by atoms with Crippen molar-refractivity contribution in [3.05, 3.63) is 64.9 Å². The van der Waals surface area contributed by atoms with Crippen LogP contribution in [0.15, 0.2) is 54.9 Å². The predicted octanol–water partition coefficient (Wildman–Crippen LogP) is 4.01. The van der Waals surface area contributed by atoms with Gasteiger partial charge in [0.05, 0.1) is 17.0 Å². The lowest BCUT2D eigenvalue weighted by molar-refractivity contribution is 0.371. The van der Waals surface area contributed by atoms with Gasteiger partial charge in [-0.05, 0) is 30.7 Å². The van der Waals surface area contributed by atoms with Gasteiger partial charge in [-0.1, -0.05) is 47.5 Å². The zero-order valence-corrected chi connectivity index (χ0v) is 20.5. The van der Waals surface area contributed by atoms with Crippen LogP contribution in [0, 0.1) is 0 Å². The largest absolute Gasteiger partial charge is 0.349 e. The maximum atomic E-state index is 12.1. The van der Waals surface area contributed by atoms with E-state index in [4.69, 9.17) is 28.3 Å². The second-order valence-corrected chi connectivity index (χ2v) is 11.4. The minimum atomic E-state index is -3.24. The molecule has 2 saturated heterocycles. The highest BCUT2D eigenvalue weighted by molar-refractivity contribution is 7.88. The molecule has 0 N–H and O–H groups in total. The summed E-state index contributed by atoms with van der Waals surface area (Å²) in [5.74, 6) is 0.701. The summed E-state index contributed by atoms with van der Waals surface area (Å²) >= 11 is 12.7. The van der Waals surface area contributed by atoms with E-state index in [9.17, 15) is 8.42 Å². The lowest BCUT2D eigenvalue weighted by atomic mass is 10.1. The van der Waals surface area contributed by atoms with Crippen molar-refractivity contribution in [2.75, 3.05) is 24.2 Å². The molecule has 0 unspecified atom stereocenters. The van der Waals surface area contributed by atoms with Crippen LogP contribution < -0.4 is 4.90 Å². The third-order valence-corrected chi connectivity index (χ3v) is 8.40. The lowest BCUT2D eigenvalue weighted by Gasteiger charge is -2.33. The molecule has 0 spiro atoms. The molecule has 2 aliphatic heterocycles. The van der Waals surface area contributed by atoms with Crippen LogP contribution in [-0.4, -0.2) is 63.9 Å². The van der Waals surface area contributed by atoms with Gasteiger partial charge in [0.25, 0.3) is 0 Å². The Kier molecular flexibility index (Phi) is 5.07. The quantitative estimate of drug-likeness (QED) is 0.409. The molecule has 0 radical (unpaired) electrons. The molecular formula is C23H20Cl2N6O2S. The van der Waals surface area contributed by atoms with Gasteiger partial charge in [0.2, 0.25) is 10.0 Å². The molecule has 0 aliphatic carbocycles. The fourth-order valence-corrected chi connectivity index (χ4v) is 6.53. The van der Waals surface area contributed by atoms with Crippen molar-refractivity contribution < 1.29 is 8.42 Å². The Bertz CT molecular complexity index is 1520. The number of nitrogens with zero attached hydrogens (tertiary/aromatic N) is 6. The van der Waals surface area contributed by atoms with Crippen LogP contribution in [0.2, 0.25) is 10.0 Å². The zero-order valence-electron chi connectivity index (χ0n) is 18.1. The molecule has 2 aromatic heterocycles. The van der Waals surface area contributed by atoms with E-state index in [0.29, 0.717) is 40.0 Å². The minimum absolute atomic E-state index is 0.0438. The van der Waals surface area contributed by atoms with Crippen molar-refractivity contribution in [2.45, 2.75) is 18.5 Å². The highest BCUT2D eigenvalue weighted by atomic mass is 35.5. The molecule has 2 aromatic carbocycles. The van der Waals surface area contributed by atoms with Crippen molar-refractivity contribution in [3.8, 4) is 16.9 Å². The molecule has 34 heavy (non-hydrogen) atoms. The molecule has 6 rings (SSSR count). The van der Waals surface area contributed by atoms with E-state index in [1.165, 1.54) is 12.6 Å². The summed E-state index contributed by atoms with van der Waals surface area (Å²) in [5, 5.41) is 6.13. The van der Waals surface area contributed by atoms with Gasteiger partial charge in [0.15, 0.2) is 11.3 Å². The molecule has 174 valence electrons. The number of halogens is 2. The van der Waals surface area contributed by atoms with E-state index in [-0.39, 0.29) is 12.1 Å². The maximum Gasteiger partial charge on any atom is 0.211 e. The van der Waals surface area contributed by atoms with Gasteiger partial charge < -0.3 is 4.90 Å². The van der Waals surface area contributed by atoms with Crippen LogP contribution in [-0.2, 0) is 10.0 Å². The van der Waals surface area contributed by atoms with Crippen molar-refractivity contribution >= 4 is 50.1 Å². The van der Waals surface area contributed by atoms with Crippen LogP contribution in [0.3, 0.4) is 0 Å². The van der Waals surface area contributed by atoms with Gasteiger partial charge in [-0.15, -0.1) is 0 Å². The number of piperazine rings is 1. The number of benzene rings is 2. The number of para-hydroxylation sites is 1. The Hall–Kier alpha value is -2.72. The van der Waals surface area contributed by atoms with Crippen LogP contribution in [0.5, 0.6) is 0 Å². The monoisotopic (exact) mass is 514 g/mol. The number of hydrogen-bond donors (Lipinski definition) is 0. The van der Waals surface area contributed by atoms with Gasteiger partial charge in [0, 0.05) is 35.8 Å². The summed E-state index contributed by atoms with van der Waals surface area (Å²) in [6.45, 7) is 1.02. The van der Waals surface area contributed by atoms with Gasteiger partial charge >= 0.3 is 0 Å². The Morgan fingerprint density at radius 3 is 2.38 bits per heavy atom. The summed E-state index contributed by atoms with van der Waals surface area (Å²) in [5.41, 5.74) is 3.73. The minimum Gasteiger partial charge on any atom is -0.349 e. The molecule has 2 aliphatic rings. The molecule has 4 heterocycles. The first-order valence-corrected chi connectivity index (χ1v) is 13.4. The third-order valence-electron chi connectivity index (χ3n) is 6.53. The number of anilines is 1. The summed E-state index contributed by atoms with van der Waals surface area (Å²) in [7, 11) is -3.24. The molecule has 2 atom stereocenters. The number of aromatic nitrogens is 4. The van der Waals surface area contributed by atoms with E-state index in [2.05, 4.69) is 14.9 Å². The van der Waals surface area contributed by atoms with Crippen molar-refractivity contribution in [1.82, 2.24) is 24.1 Å². The molecule has 2 bridgehead atoms. The second-order valence-electron chi connectivity index (χ2n) is 8.64. The van der Waals surface area contributed by atoms with Crippen LogP contribution in [0.25, 0.3) is 28.0 Å². The van der Waals surface area contributed by atoms with Crippen LogP contribution in [0.1, 0.15) is 6.42 Å². The first-order valence-electron chi connectivity index (χ1n) is 10.8. The number of hydrogen-bond acceptors (Lipinski definition) is 6. The van der Waals surface area contributed by atoms with Crippen molar-refractivity contribution in [1.29, 1.82) is 0 Å². The van der Waals surface area contributed by atoms with Crippen LogP contribution >= 0.6 is 23.2 Å². The molecular weight excluding hydrogens is 495 g/mol. The molecule has 0 saturated carbocycles. The first-order chi connectivity index (χ1) is 16.3. The third kappa shape index (κ3) is 3.46.